The second-order valence-electron chi connectivity index (χ2n) is 6.46. The summed E-state index contributed by atoms with van der Waals surface area (Å²) >= 11 is 5.92. The third kappa shape index (κ3) is 4.85. The normalized spacial score (nSPS) is 19.1. The minimum Gasteiger partial charge on any atom is -0.338 e. The van der Waals surface area contributed by atoms with E-state index in [0.29, 0.717) is 23.7 Å². The fraction of sp³-hybridized carbons (Fsp3) is 0.333. The van der Waals surface area contributed by atoms with Crippen molar-refractivity contribution in [3.05, 3.63) is 53.3 Å². The molecule has 7 heteroatoms. The molecule has 0 spiro atoms. The molecule has 0 radical (unpaired) electrons. The molecule has 3 rings (SSSR count). The second-order valence-corrected chi connectivity index (χ2v) is 6.90. The van der Waals surface area contributed by atoms with Crippen LogP contribution in [0.4, 0.5) is 0 Å². The summed E-state index contributed by atoms with van der Waals surface area (Å²) in [6.45, 7) is 4.17. The molecule has 1 aromatic heterocycles. The summed E-state index contributed by atoms with van der Waals surface area (Å²) in [6.07, 6.45) is 4.33. The lowest BCUT2D eigenvalue weighted by atomic mass is 9.90. The van der Waals surface area contributed by atoms with Crippen LogP contribution in [0.1, 0.15) is 23.7 Å². The zero-order chi connectivity index (χ0) is 16.4. The number of benzene rings is 1. The van der Waals surface area contributed by atoms with E-state index in [1.165, 1.54) is 0 Å². The van der Waals surface area contributed by atoms with E-state index in [1.54, 1.807) is 12.4 Å². The largest absolute Gasteiger partial charge is 0.338 e. The maximum absolute atomic E-state index is 12.7. The van der Waals surface area contributed by atoms with E-state index >= 15 is 0 Å². The van der Waals surface area contributed by atoms with Crippen molar-refractivity contribution in [2.24, 2.45) is 11.1 Å². The topological polar surface area (TPSA) is 59.2 Å². The molecule has 1 aliphatic heterocycles. The number of nitrogens with two attached hydrogens (primary N) is 1. The first-order chi connectivity index (χ1) is 11.0. The third-order valence-corrected chi connectivity index (χ3v) is 4.75. The van der Waals surface area contributed by atoms with Crippen LogP contribution in [0.25, 0.3) is 11.1 Å². The maximum atomic E-state index is 12.7. The fourth-order valence-electron chi connectivity index (χ4n) is 2.90. The summed E-state index contributed by atoms with van der Waals surface area (Å²) in [5.41, 5.74) is 8.36. The molecule has 2 heterocycles. The summed E-state index contributed by atoms with van der Waals surface area (Å²) in [7, 11) is 0. The van der Waals surface area contributed by atoms with Crippen LogP contribution in [0.3, 0.4) is 0 Å². The molecule has 0 aliphatic carbocycles. The van der Waals surface area contributed by atoms with Crippen LogP contribution in [0.5, 0.6) is 0 Å². The van der Waals surface area contributed by atoms with Gasteiger partial charge in [-0.1, -0.05) is 30.7 Å². The Morgan fingerprint density at radius 3 is 2.52 bits per heavy atom. The highest BCUT2D eigenvalue weighted by Gasteiger charge is 2.35. The first-order valence-corrected chi connectivity index (χ1v) is 8.09. The van der Waals surface area contributed by atoms with Crippen molar-refractivity contribution in [1.82, 2.24) is 9.88 Å². The van der Waals surface area contributed by atoms with Crippen LogP contribution < -0.4 is 5.73 Å². The number of amides is 1. The monoisotopic (exact) mass is 401 g/mol. The molecule has 1 aromatic carbocycles. The smallest absolute Gasteiger partial charge is 0.255 e. The summed E-state index contributed by atoms with van der Waals surface area (Å²) in [5.74, 6) is 0.0190. The average Bonchev–Trinajstić information content (AvgIpc) is 2.98. The Hall–Kier alpha value is -1.33. The van der Waals surface area contributed by atoms with E-state index in [-0.39, 0.29) is 36.1 Å². The van der Waals surface area contributed by atoms with E-state index in [0.717, 1.165) is 24.1 Å². The molecule has 1 fully saturated rings. The quantitative estimate of drug-likeness (QED) is 0.842. The van der Waals surface area contributed by atoms with Gasteiger partial charge in [0.1, 0.15) is 0 Å². The van der Waals surface area contributed by atoms with Crippen molar-refractivity contribution >= 4 is 42.3 Å². The Morgan fingerprint density at radius 2 is 1.92 bits per heavy atom. The van der Waals surface area contributed by atoms with Gasteiger partial charge in [0, 0.05) is 36.1 Å². The van der Waals surface area contributed by atoms with Crippen LogP contribution in [-0.2, 0) is 0 Å². The molecule has 1 atom stereocenters. The number of halogens is 3. The molecule has 136 valence electrons. The minimum atomic E-state index is 0. The standard InChI is InChI=1S/C18H20ClN3O.2ClH/c1-18(11-20)6-7-22(12-18)17(23)15-8-14(9-21-10-15)13-2-4-16(19)5-3-13;;/h2-5,8-10H,6-7,11-12,20H2,1H3;2*1H. The molecule has 2 N–H and O–H groups in total. The van der Waals surface area contributed by atoms with Gasteiger partial charge in [-0.2, -0.15) is 0 Å². The number of rotatable bonds is 3. The number of carbonyl (C=O) groups excluding carboxylic acids is 1. The zero-order valence-corrected chi connectivity index (χ0v) is 16.3. The van der Waals surface area contributed by atoms with Gasteiger partial charge in [-0.25, -0.2) is 0 Å². The Bertz CT molecular complexity index is 724. The minimum absolute atomic E-state index is 0. The number of nitrogens with zero attached hydrogens (tertiary/aromatic N) is 2. The average molecular weight is 403 g/mol. The Morgan fingerprint density at radius 1 is 1.24 bits per heavy atom. The van der Waals surface area contributed by atoms with Gasteiger partial charge in [-0.05, 0) is 42.1 Å². The van der Waals surface area contributed by atoms with Crippen molar-refractivity contribution in [3.8, 4) is 11.1 Å². The van der Waals surface area contributed by atoms with E-state index < -0.39 is 0 Å². The van der Waals surface area contributed by atoms with E-state index in [4.69, 9.17) is 17.3 Å². The van der Waals surface area contributed by atoms with Gasteiger partial charge in [-0.15, -0.1) is 24.8 Å². The highest BCUT2D eigenvalue weighted by atomic mass is 35.5. The third-order valence-electron chi connectivity index (χ3n) is 4.50. The summed E-state index contributed by atoms with van der Waals surface area (Å²) < 4.78 is 0. The second kappa shape index (κ2) is 8.86. The molecule has 0 bridgehead atoms. The number of likely N-dealkylation sites (tertiary alicyclic amines) is 1. The molecule has 25 heavy (non-hydrogen) atoms. The van der Waals surface area contributed by atoms with Gasteiger partial charge < -0.3 is 10.6 Å². The van der Waals surface area contributed by atoms with Crippen LogP contribution in [0.2, 0.25) is 5.02 Å². The van der Waals surface area contributed by atoms with Crippen molar-refractivity contribution in [3.63, 3.8) is 0 Å². The Labute approximate surface area is 165 Å². The Kier molecular flexibility index (Phi) is 7.69. The van der Waals surface area contributed by atoms with Gasteiger partial charge in [-0.3, -0.25) is 9.78 Å². The number of hydrogen-bond acceptors (Lipinski definition) is 3. The van der Waals surface area contributed by atoms with Crippen LogP contribution in [0, 0.1) is 5.41 Å². The fourth-order valence-corrected chi connectivity index (χ4v) is 3.03. The first-order valence-electron chi connectivity index (χ1n) is 7.71. The van der Waals surface area contributed by atoms with Crippen LogP contribution >= 0.6 is 36.4 Å². The lowest BCUT2D eigenvalue weighted by Gasteiger charge is -2.22. The molecule has 0 saturated carbocycles. The van der Waals surface area contributed by atoms with Crippen LogP contribution in [0.15, 0.2) is 42.7 Å². The molecular formula is C18H22Cl3N3O. The molecule has 1 unspecified atom stereocenters. The summed E-state index contributed by atoms with van der Waals surface area (Å²) in [5, 5.41) is 0.687. The molecule has 4 nitrogen and oxygen atoms in total. The first kappa shape index (κ1) is 21.7. The van der Waals surface area contributed by atoms with Gasteiger partial charge in [0.05, 0.1) is 5.56 Å². The molecule has 1 saturated heterocycles. The van der Waals surface area contributed by atoms with E-state index in [1.807, 2.05) is 35.2 Å². The van der Waals surface area contributed by atoms with Gasteiger partial charge in [0.15, 0.2) is 0 Å². The van der Waals surface area contributed by atoms with E-state index in [9.17, 15) is 4.79 Å². The number of pyridine rings is 1. The molecule has 1 amide bonds. The van der Waals surface area contributed by atoms with Crippen LogP contribution in [-0.4, -0.2) is 35.4 Å². The predicted octanol–water partition coefficient (Wildman–Crippen LogP) is 4.06. The predicted molar refractivity (Wildman–Crippen MR) is 107 cm³/mol. The lowest BCUT2D eigenvalue weighted by Crippen LogP contribution is -2.34. The Balaban J connectivity index is 0.00000156. The van der Waals surface area contributed by atoms with Gasteiger partial charge in [0.2, 0.25) is 0 Å². The zero-order valence-electron chi connectivity index (χ0n) is 13.9. The summed E-state index contributed by atoms with van der Waals surface area (Å²) in [6, 6.07) is 9.40. The highest BCUT2D eigenvalue weighted by molar-refractivity contribution is 6.30. The number of carbonyl (C=O) groups is 1. The van der Waals surface area contributed by atoms with E-state index in [2.05, 4.69) is 11.9 Å². The van der Waals surface area contributed by atoms with Gasteiger partial charge in [0.25, 0.3) is 5.91 Å². The SMILES string of the molecule is CC1(CN)CCN(C(=O)c2cncc(-c3ccc(Cl)cc3)c2)C1.Cl.Cl. The van der Waals surface area contributed by atoms with Crippen molar-refractivity contribution in [2.75, 3.05) is 19.6 Å². The summed E-state index contributed by atoms with van der Waals surface area (Å²) in [4.78, 5) is 18.8. The van der Waals surface area contributed by atoms with Crippen molar-refractivity contribution in [2.45, 2.75) is 13.3 Å². The highest BCUT2D eigenvalue weighted by Crippen LogP contribution is 2.30. The van der Waals surface area contributed by atoms with Gasteiger partial charge >= 0.3 is 0 Å². The number of hydrogen-bond donors (Lipinski definition) is 1. The molecule has 2 aromatic rings. The number of aromatic nitrogens is 1. The maximum Gasteiger partial charge on any atom is 0.255 e. The molecular weight excluding hydrogens is 381 g/mol. The molecule has 1 aliphatic rings. The van der Waals surface area contributed by atoms with Crippen molar-refractivity contribution < 1.29 is 4.79 Å². The lowest BCUT2D eigenvalue weighted by molar-refractivity contribution is 0.0776. The van der Waals surface area contributed by atoms with Crippen molar-refractivity contribution in [1.29, 1.82) is 0 Å².